The summed E-state index contributed by atoms with van der Waals surface area (Å²) in [6.45, 7) is 7.76. The standard InChI is InChI=1S/C20H22O4/c1-5-20(3,4)16-11-13(10-12(2)17(16)21)18(22)14-8-6-7-9-15(14)19(23)24/h6-11,21H,5H2,1-4H3,(H,23,24). The lowest BCUT2D eigenvalue weighted by Crippen LogP contribution is -2.18. The van der Waals surface area contributed by atoms with Gasteiger partial charge < -0.3 is 10.2 Å². The Morgan fingerprint density at radius 1 is 1.08 bits per heavy atom. The SMILES string of the molecule is CCC(C)(C)c1cc(C(=O)c2ccccc2C(=O)O)cc(C)c1O. The molecule has 0 saturated carbocycles. The summed E-state index contributed by atoms with van der Waals surface area (Å²) in [7, 11) is 0. The molecule has 2 rings (SSSR count). The highest BCUT2D eigenvalue weighted by Gasteiger charge is 2.26. The number of carboxylic acids is 1. The van der Waals surface area contributed by atoms with E-state index in [0.717, 1.165) is 6.42 Å². The second-order valence-electron chi connectivity index (χ2n) is 6.61. The summed E-state index contributed by atoms with van der Waals surface area (Å²) < 4.78 is 0. The van der Waals surface area contributed by atoms with Crippen LogP contribution in [0, 0.1) is 6.92 Å². The molecule has 0 amide bonds. The van der Waals surface area contributed by atoms with Crippen molar-refractivity contribution in [1.29, 1.82) is 0 Å². The molecule has 0 heterocycles. The van der Waals surface area contributed by atoms with Crippen LogP contribution in [0.4, 0.5) is 0 Å². The van der Waals surface area contributed by atoms with Crippen LogP contribution in [0.15, 0.2) is 36.4 Å². The fraction of sp³-hybridized carbons (Fsp3) is 0.300. The molecule has 0 aliphatic carbocycles. The van der Waals surface area contributed by atoms with E-state index < -0.39 is 5.97 Å². The van der Waals surface area contributed by atoms with Gasteiger partial charge in [0.25, 0.3) is 0 Å². The number of aromatic carboxylic acids is 1. The molecule has 0 unspecified atom stereocenters. The van der Waals surface area contributed by atoms with E-state index in [1.54, 1.807) is 31.2 Å². The largest absolute Gasteiger partial charge is 0.507 e. The molecule has 4 nitrogen and oxygen atoms in total. The Labute approximate surface area is 141 Å². The maximum atomic E-state index is 12.9. The van der Waals surface area contributed by atoms with Gasteiger partial charge in [0.05, 0.1) is 5.56 Å². The quantitative estimate of drug-likeness (QED) is 0.803. The maximum Gasteiger partial charge on any atom is 0.336 e. The molecule has 0 saturated heterocycles. The number of carboxylic acid groups (broad SMARTS) is 1. The van der Waals surface area contributed by atoms with E-state index in [2.05, 4.69) is 0 Å². The fourth-order valence-corrected chi connectivity index (χ4v) is 2.64. The summed E-state index contributed by atoms with van der Waals surface area (Å²) in [5, 5.41) is 19.7. The fourth-order valence-electron chi connectivity index (χ4n) is 2.64. The third kappa shape index (κ3) is 3.18. The van der Waals surface area contributed by atoms with Crippen molar-refractivity contribution in [3.8, 4) is 5.75 Å². The lowest BCUT2D eigenvalue weighted by molar-refractivity contribution is 0.0692. The molecule has 126 valence electrons. The molecule has 0 bridgehead atoms. The van der Waals surface area contributed by atoms with Gasteiger partial charge in [0.2, 0.25) is 0 Å². The first-order valence-electron chi connectivity index (χ1n) is 7.90. The van der Waals surface area contributed by atoms with Crippen molar-refractivity contribution in [2.75, 3.05) is 0 Å². The monoisotopic (exact) mass is 326 g/mol. The number of aromatic hydroxyl groups is 1. The Kier molecular flexibility index (Phi) is 4.78. The van der Waals surface area contributed by atoms with Crippen LogP contribution in [-0.4, -0.2) is 22.0 Å². The van der Waals surface area contributed by atoms with E-state index in [1.165, 1.54) is 12.1 Å². The number of rotatable bonds is 5. The summed E-state index contributed by atoms with van der Waals surface area (Å²) in [5.41, 5.74) is 1.51. The summed E-state index contributed by atoms with van der Waals surface area (Å²) >= 11 is 0. The number of carbonyl (C=O) groups is 2. The average Bonchev–Trinajstić information content (AvgIpc) is 2.56. The van der Waals surface area contributed by atoms with Gasteiger partial charge in [-0.05, 0) is 42.5 Å². The Morgan fingerprint density at radius 2 is 1.67 bits per heavy atom. The van der Waals surface area contributed by atoms with Crippen molar-refractivity contribution >= 4 is 11.8 Å². The minimum atomic E-state index is -1.14. The van der Waals surface area contributed by atoms with Crippen molar-refractivity contribution in [1.82, 2.24) is 0 Å². The third-order valence-corrected chi connectivity index (χ3v) is 4.58. The molecule has 0 aliphatic rings. The van der Waals surface area contributed by atoms with Gasteiger partial charge in [0, 0.05) is 16.7 Å². The minimum Gasteiger partial charge on any atom is -0.507 e. The summed E-state index contributed by atoms with van der Waals surface area (Å²) in [6.07, 6.45) is 0.795. The van der Waals surface area contributed by atoms with E-state index in [0.29, 0.717) is 16.7 Å². The number of phenolic OH excluding ortho intramolecular Hbond substituents is 1. The van der Waals surface area contributed by atoms with Gasteiger partial charge in [-0.1, -0.05) is 39.0 Å². The zero-order valence-corrected chi connectivity index (χ0v) is 14.4. The van der Waals surface area contributed by atoms with Crippen LogP contribution in [0.1, 0.15) is 64.6 Å². The predicted molar refractivity (Wildman–Crippen MR) is 93.0 cm³/mol. The highest BCUT2D eigenvalue weighted by molar-refractivity contribution is 6.14. The molecular weight excluding hydrogens is 304 g/mol. The normalized spacial score (nSPS) is 11.3. The smallest absolute Gasteiger partial charge is 0.336 e. The summed E-state index contributed by atoms with van der Waals surface area (Å²) in [5.74, 6) is -1.31. The van der Waals surface area contributed by atoms with Crippen molar-refractivity contribution < 1.29 is 19.8 Å². The van der Waals surface area contributed by atoms with Gasteiger partial charge in [-0.15, -0.1) is 0 Å². The lowest BCUT2D eigenvalue weighted by Gasteiger charge is -2.26. The highest BCUT2D eigenvalue weighted by Crippen LogP contribution is 2.37. The first-order chi connectivity index (χ1) is 11.2. The molecule has 0 fully saturated rings. The van der Waals surface area contributed by atoms with Crippen LogP contribution in [0.5, 0.6) is 5.75 Å². The molecule has 0 spiro atoms. The Morgan fingerprint density at radius 3 is 2.21 bits per heavy atom. The van der Waals surface area contributed by atoms with E-state index in [1.807, 2.05) is 20.8 Å². The van der Waals surface area contributed by atoms with Crippen molar-refractivity contribution in [3.05, 3.63) is 64.2 Å². The number of hydrogen-bond acceptors (Lipinski definition) is 3. The zero-order chi connectivity index (χ0) is 18.1. The molecule has 2 aromatic rings. The van der Waals surface area contributed by atoms with Crippen LogP contribution < -0.4 is 0 Å². The lowest BCUT2D eigenvalue weighted by atomic mass is 9.79. The second-order valence-corrected chi connectivity index (χ2v) is 6.61. The van der Waals surface area contributed by atoms with E-state index in [4.69, 9.17) is 0 Å². The van der Waals surface area contributed by atoms with Crippen molar-refractivity contribution in [2.24, 2.45) is 0 Å². The van der Waals surface area contributed by atoms with Crippen LogP contribution >= 0.6 is 0 Å². The molecule has 0 aliphatic heterocycles. The van der Waals surface area contributed by atoms with Gasteiger partial charge in [-0.2, -0.15) is 0 Å². The molecule has 2 N–H and O–H groups in total. The summed E-state index contributed by atoms with van der Waals surface area (Å²) in [4.78, 5) is 24.2. The number of carbonyl (C=O) groups excluding carboxylic acids is 1. The van der Waals surface area contributed by atoms with Crippen LogP contribution in [0.25, 0.3) is 0 Å². The van der Waals surface area contributed by atoms with E-state index in [-0.39, 0.29) is 28.1 Å². The Hall–Kier alpha value is -2.62. The van der Waals surface area contributed by atoms with Gasteiger partial charge >= 0.3 is 5.97 Å². The van der Waals surface area contributed by atoms with Crippen LogP contribution in [-0.2, 0) is 5.41 Å². The Balaban J connectivity index is 2.62. The first-order valence-corrected chi connectivity index (χ1v) is 7.90. The zero-order valence-electron chi connectivity index (χ0n) is 14.4. The molecule has 24 heavy (non-hydrogen) atoms. The number of ketones is 1. The van der Waals surface area contributed by atoms with Gasteiger partial charge in [-0.25, -0.2) is 4.79 Å². The summed E-state index contributed by atoms with van der Waals surface area (Å²) in [6, 6.07) is 9.44. The van der Waals surface area contributed by atoms with Gasteiger partial charge in [0.1, 0.15) is 5.75 Å². The third-order valence-electron chi connectivity index (χ3n) is 4.58. The minimum absolute atomic E-state index is 0.0236. The van der Waals surface area contributed by atoms with Crippen molar-refractivity contribution in [2.45, 2.75) is 39.5 Å². The highest BCUT2D eigenvalue weighted by atomic mass is 16.4. The predicted octanol–water partition coefficient (Wildman–Crippen LogP) is 4.32. The number of aryl methyl sites for hydroxylation is 1. The number of phenols is 1. The second kappa shape index (κ2) is 6.48. The van der Waals surface area contributed by atoms with E-state index >= 15 is 0 Å². The van der Waals surface area contributed by atoms with Crippen molar-refractivity contribution in [3.63, 3.8) is 0 Å². The molecular formula is C20H22O4. The number of benzene rings is 2. The molecule has 0 aromatic heterocycles. The molecule has 0 atom stereocenters. The molecule has 0 radical (unpaired) electrons. The molecule has 4 heteroatoms. The van der Waals surface area contributed by atoms with Crippen LogP contribution in [0.3, 0.4) is 0 Å². The number of hydrogen-bond donors (Lipinski definition) is 2. The van der Waals surface area contributed by atoms with Crippen LogP contribution in [0.2, 0.25) is 0 Å². The molecule has 2 aromatic carbocycles. The Bertz CT molecular complexity index is 803. The van der Waals surface area contributed by atoms with Gasteiger partial charge in [-0.3, -0.25) is 4.79 Å². The first kappa shape index (κ1) is 17.7. The topological polar surface area (TPSA) is 74.6 Å². The average molecular weight is 326 g/mol. The van der Waals surface area contributed by atoms with Gasteiger partial charge in [0.15, 0.2) is 5.78 Å². The maximum absolute atomic E-state index is 12.9. The van der Waals surface area contributed by atoms with E-state index in [9.17, 15) is 19.8 Å².